The van der Waals surface area contributed by atoms with E-state index in [-0.39, 0.29) is 0 Å². The van der Waals surface area contributed by atoms with Gasteiger partial charge in [0.2, 0.25) is 0 Å². The molecule has 0 aromatic heterocycles. The number of para-hydroxylation sites is 1. The maximum absolute atomic E-state index is 12.0. The lowest BCUT2D eigenvalue weighted by Crippen LogP contribution is -2.10. The zero-order valence-corrected chi connectivity index (χ0v) is 10.3. The summed E-state index contributed by atoms with van der Waals surface area (Å²) in [7, 11) is -0.630. The van der Waals surface area contributed by atoms with E-state index < -0.39 is 8.03 Å². The summed E-state index contributed by atoms with van der Waals surface area (Å²) in [4.78, 5) is 0. The quantitative estimate of drug-likeness (QED) is 0.726. The van der Waals surface area contributed by atoms with Gasteiger partial charge in [0.05, 0.1) is 12.4 Å². The van der Waals surface area contributed by atoms with Crippen molar-refractivity contribution < 1.29 is 13.8 Å². The topological polar surface area (TPSA) is 35.5 Å². The Hall–Kier alpha value is -1.73. The van der Waals surface area contributed by atoms with Gasteiger partial charge in [-0.15, -0.1) is 0 Å². The van der Waals surface area contributed by atoms with Crippen molar-refractivity contribution in [1.29, 1.82) is 0 Å². The number of fused-ring (bicyclic) bond motifs is 3. The molecule has 1 aliphatic rings. The van der Waals surface area contributed by atoms with Crippen LogP contribution in [0.2, 0.25) is 0 Å². The molecule has 4 heteroatoms. The van der Waals surface area contributed by atoms with E-state index in [1.165, 1.54) is 0 Å². The molecule has 0 fully saturated rings. The Morgan fingerprint density at radius 3 is 2.76 bits per heavy atom. The van der Waals surface area contributed by atoms with Crippen molar-refractivity contribution in [2.24, 2.45) is 0 Å². The fourth-order valence-electron chi connectivity index (χ4n) is 1.99. The first-order valence-corrected chi connectivity index (χ1v) is 6.61. The zero-order chi connectivity index (χ0) is 11.8. The number of ether oxygens (including phenoxy) is 1. The molecule has 3 nitrogen and oxygen atoms in total. The molecular formula is C13H11O3P. The zero-order valence-electron chi connectivity index (χ0n) is 9.27. The lowest BCUT2D eigenvalue weighted by atomic mass is 10.0. The third-order valence-corrected chi connectivity index (χ3v) is 4.09. The highest BCUT2D eigenvalue weighted by atomic mass is 31.1. The largest absolute Gasteiger partial charge is 0.497 e. The molecule has 86 valence electrons. The van der Waals surface area contributed by atoms with Crippen LogP contribution < -0.4 is 14.6 Å². The predicted octanol–water partition coefficient (Wildman–Crippen LogP) is 2.85. The molecule has 1 heterocycles. The molecule has 1 unspecified atom stereocenters. The third-order valence-electron chi connectivity index (χ3n) is 2.83. The van der Waals surface area contributed by atoms with E-state index in [1.807, 2.05) is 36.4 Å². The van der Waals surface area contributed by atoms with Crippen molar-refractivity contribution in [2.75, 3.05) is 7.11 Å². The summed E-state index contributed by atoms with van der Waals surface area (Å²) in [6.45, 7) is 0. The van der Waals surface area contributed by atoms with Gasteiger partial charge in [0.25, 0.3) is 8.03 Å². The van der Waals surface area contributed by atoms with Crippen molar-refractivity contribution in [3.63, 3.8) is 0 Å². The van der Waals surface area contributed by atoms with Crippen molar-refractivity contribution >= 4 is 13.3 Å². The average molecular weight is 246 g/mol. The van der Waals surface area contributed by atoms with E-state index in [1.54, 1.807) is 13.2 Å². The molecule has 1 aliphatic heterocycles. The highest BCUT2D eigenvalue weighted by Gasteiger charge is 2.22. The summed E-state index contributed by atoms with van der Waals surface area (Å²) in [5.74, 6) is 1.39. The van der Waals surface area contributed by atoms with Gasteiger partial charge in [0.15, 0.2) is 0 Å². The van der Waals surface area contributed by atoms with Crippen LogP contribution in [0.15, 0.2) is 42.5 Å². The smallest absolute Gasteiger partial charge is 0.266 e. The first-order chi connectivity index (χ1) is 8.29. The molecule has 0 saturated carbocycles. The Bertz CT molecular complexity index is 607. The van der Waals surface area contributed by atoms with Crippen LogP contribution in [-0.4, -0.2) is 7.11 Å². The van der Waals surface area contributed by atoms with Crippen LogP contribution in [0.4, 0.5) is 0 Å². The lowest BCUT2D eigenvalue weighted by Gasteiger charge is -2.20. The van der Waals surface area contributed by atoms with Gasteiger partial charge in [-0.25, -0.2) is 0 Å². The fraction of sp³-hybridized carbons (Fsp3) is 0.0769. The molecule has 2 aromatic carbocycles. The minimum absolute atomic E-state index is 0.689. The van der Waals surface area contributed by atoms with Gasteiger partial charge in [0, 0.05) is 5.56 Å². The minimum atomic E-state index is -2.22. The maximum Gasteiger partial charge on any atom is 0.266 e. The molecule has 3 rings (SSSR count). The molecule has 0 radical (unpaired) electrons. The van der Waals surface area contributed by atoms with Crippen molar-refractivity contribution in [2.45, 2.75) is 0 Å². The molecular weight excluding hydrogens is 235 g/mol. The van der Waals surface area contributed by atoms with E-state index in [2.05, 4.69) is 0 Å². The van der Waals surface area contributed by atoms with Gasteiger partial charge in [-0.3, -0.25) is 4.57 Å². The van der Waals surface area contributed by atoms with Crippen LogP contribution in [0.3, 0.4) is 0 Å². The molecule has 0 amide bonds. The van der Waals surface area contributed by atoms with E-state index in [0.717, 1.165) is 16.4 Å². The van der Waals surface area contributed by atoms with Gasteiger partial charge in [-0.1, -0.05) is 18.2 Å². The third kappa shape index (κ3) is 1.63. The number of rotatable bonds is 1. The van der Waals surface area contributed by atoms with Crippen LogP contribution in [0.5, 0.6) is 11.5 Å². The molecule has 0 aliphatic carbocycles. The Balaban J connectivity index is 2.26. The summed E-state index contributed by atoms with van der Waals surface area (Å²) in [6.07, 6.45) is 0. The SMILES string of the molecule is COc1ccc2c(c1)[PH](=O)Oc1ccccc1-2. The summed E-state index contributed by atoms with van der Waals surface area (Å²) >= 11 is 0. The van der Waals surface area contributed by atoms with E-state index in [0.29, 0.717) is 11.5 Å². The second-order valence-corrected chi connectivity index (χ2v) is 5.11. The number of hydrogen-bond acceptors (Lipinski definition) is 3. The van der Waals surface area contributed by atoms with E-state index in [4.69, 9.17) is 9.26 Å². The molecule has 0 bridgehead atoms. The van der Waals surface area contributed by atoms with Crippen molar-refractivity contribution in [3.05, 3.63) is 42.5 Å². The number of hydrogen-bond donors (Lipinski definition) is 0. The molecule has 17 heavy (non-hydrogen) atoms. The minimum Gasteiger partial charge on any atom is -0.497 e. The standard InChI is InChI=1S/C13H11O3P/c1-15-9-6-7-11-10-4-2-3-5-12(10)16-17(14)13(11)8-9/h2-8,17H,1H3. The fourth-order valence-corrected chi connectivity index (χ4v) is 3.17. The molecule has 0 saturated heterocycles. The van der Waals surface area contributed by atoms with Crippen molar-refractivity contribution in [3.8, 4) is 22.6 Å². The highest BCUT2D eigenvalue weighted by molar-refractivity contribution is 7.49. The monoisotopic (exact) mass is 246 g/mol. The normalized spacial score (nSPS) is 16.6. The first-order valence-electron chi connectivity index (χ1n) is 5.29. The number of methoxy groups -OCH3 is 1. The average Bonchev–Trinajstić information content (AvgIpc) is 2.38. The second-order valence-electron chi connectivity index (χ2n) is 3.80. The molecule has 0 spiro atoms. The lowest BCUT2D eigenvalue weighted by molar-refractivity contribution is 0.415. The predicted molar refractivity (Wildman–Crippen MR) is 67.7 cm³/mol. The molecule has 2 aromatic rings. The van der Waals surface area contributed by atoms with Gasteiger partial charge >= 0.3 is 0 Å². The summed E-state index contributed by atoms with van der Waals surface area (Å²) in [5.41, 5.74) is 1.95. The first kappa shape index (κ1) is 10.4. The van der Waals surface area contributed by atoms with E-state index in [9.17, 15) is 4.57 Å². The Morgan fingerprint density at radius 1 is 1.12 bits per heavy atom. The van der Waals surface area contributed by atoms with E-state index >= 15 is 0 Å². The van der Waals surface area contributed by atoms with Crippen LogP contribution >= 0.6 is 8.03 Å². The Labute approximate surface area is 99.9 Å². The van der Waals surface area contributed by atoms with Crippen LogP contribution in [0.25, 0.3) is 11.1 Å². The van der Waals surface area contributed by atoms with Gasteiger partial charge in [0.1, 0.15) is 11.5 Å². The van der Waals surface area contributed by atoms with Gasteiger partial charge < -0.3 is 9.26 Å². The number of benzene rings is 2. The summed E-state index contributed by atoms with van der Waals surface area (Å²) in [6, 6.07) is 13.2. The summed E-state index contributed by atoms with van der Waals surface area (Å²) in [5, 5.41) is 0.730. The molecule has 0 N–H and O–H groups in total. The van der Waals surface area contributed by atoms with Crippen molar-refractivity contribution in [1.82, 2.24) is 0 Å². The van der Waals surface area contributed by atoms with Gasteiger partial charge in [-0.05, 0) is 29.8 Å². The summed E-state index contributed by atoms with van der Waals surface area (Å²) < 4.78 is 22.6. The van der Waals surface area contributed by atoms with Crippen LogP contribution in [0.1, 0.15) is 0 Å². The Morgan fingerprint density at radius 2 is 1.94 bits per heavy atom. The van der Waals surface area contributed by atoms with Crippen LogP contribution in [0, 0.1) is 0 Å². The second kappa shape index (κ2) is 3.94. The highest BCUT2D eigenvalue weighted by Crippen LogP contribution is 2.43. The Kier molecular flexibility index (Phi) is 2.41. The maximum atomic E-state index is 12.0. The van der Waals surface area contributed by atoms with Crippen LogP contribution in [-0.2, 0) is 4.57 Å². The molecule has 1 atom stereocenters. The van der Waals surface area contributed by atoms with Gasteiger partial charge in [-0.2, -0.15) is 0 Å².